The Hall–Kier alpha value is -0.235. The van der Waals surface area contributed by atoms with E-state index in [1.807, 2.05) is 7.85 Å². The molecule has 0 aromatic heterocycles. The monoisotopic (exact) mass is 70.1 g/mol. The molecule has 0 aliphatic heterocycles. The number of hydrogen-bond acceptors (Lipinski definition) is 1. The van der Waals surface area contributed by atoms with Crippen LogP contribution in [0.5, 0.6) is 0 Å². The molecule has 0 atom stereocenters. The Morgan fingerprint density at radius 1 is 1.80 bits per heavy atom. The van der Waals surface area contributed by atoms with Gasteiger partial charge in [-0.1, -0.05) is 6.08 Å². The fraction of sp³-hybridized carbons (Fsp3) is 0.333. The second kappa shape index (κ2) is 3.76. The summed E-state index contributed by atoms with van der Waals surface area (Å²) in [5.41, 5.74) is 0. The van der Waals surface area contributed by atoms with Crippen LogP contribution in [0.2, 0.25) is 0 Å². The van der Waals surface area contributed by atoms with Crippen LogP contribution < -0.4 is 0 Å². The van der Waals surface area contributed by atoms with Crippen molar-refractivity contribution in [3.63, 3.8) is 0 Å². The summed E-state index contributed by atoms with van der Waals surface area (Å²) in [5, 5.41) is 7.98. The molecule has 0 aromatic carbocycles. The summed E-state index contributed by atoms with van der Waals surface area (Å²) in [7, 11) is 1.87. The third kappa shape index (κ3) is 3.76. The fourth-order valence-corrected chi connectivity index (χ4v) is 0.105. The third-order valence-corrected chi connectivity index (χ3v) is 0.341. The lowest BCUT2D eigenvalue weighted by molar-refractivity contribution is 0.343. The van der Waals surface area contributed by atoms with Crippen LogP contribution >= 0.6 is 0 Å². The van der Waals surface area contributed by atoms with E-state index in [2.05, 4.69) is 0 Å². The largest absolute Gasteiger partial charge is 0.392 e. The maximum atomic E-state index is 7.98. The summed E-state index contributed by atoms with van der Waals surface area (Å²) in [4.78, 5) is 0. The SMILES string of the molecule is B/C=C/CO. The summed E-state index contributed by atoms with van der Waals surface area (Å²) in [6.45, 7) is 0.163. The lowest BCUT2D eigenvalue weighted by atomic mass is 10.1. The standard InChI is InChI=1S/C3H7BO/c4-2-1-3-5/h1-2,5H,3-4H2/b2-1+. The Bertz CT molecular complexity index is 33.9. The van der Waals surface area contributed by atoms with Crippen LogP contribution in [-0.4, -0.2) is 19.6 Å². The fourth-order valence-electron chi connectivity index (χ4n) is 0.105. The first kappa shape index (κ1) is 4.76. The number of rotatable bonds is 1. The van der Waals surface area contributed by atoms with E-state index in [1.54, 1.807) is 12.1 Å². The van der Waals surface area contributed by atoms with Gasteiger partial charge in [-0.05, 0) is 0 Å². The molecule has 5 heavy (non-hydrogen) atoms. The Balaban J connectivity index is 2.62. The molecule has 0 saturated carbocycles. The van der Waals surface area contributed by atoms with Crippen molar-refractivity contribution in [1.29, 1.82) is 0 Å². The van der Waals surface area contributed by atoms with Crippen LogP contribution in [0.1, 0.15) is 0 Å². The van der Waals surface area contributed by atoms with Gasteiger partial charge in [-0.3, -0.25) is 0 Å². The molecule has 0 fully saturated rings. The molecule has 2 heteroatoms. The zero-order valence-corrected chi connectivity index (χ0v) is 3.31. The predicted octanol–water partition coefficient (Wildman–Crippen LogP) is -0.875. The second-order valence-electron chi connectivity index (χ2n) is 0.752. The lowest BCUT2D eigenvalue weighted by Gasteiger charge is -1.66. The molecule has 1 nitrogen and oxygen atoms in total. The molecule has 0 rings (SSSR count). The molecule has 0 heterocycles. The molecule has 0 radical (unpaired) electrons. The maximum Gasteiger partial charge on any atom is 0.129 e. The number of hydrogen-bond donors (Lipinski definition) is 1. The van der Waals surface area contributed by atoms with Crippen LogP contribution in [0.3, 0.4) is 0 Å². The highest BCUT2D eigenvalue weighted by Crippen LogP contribution is 1.55. The van der Waals surface area contributed by atoms with Crippen LogP contribution in [-0.2, 0) is 0 Å². The van der Waals surface area contributed by atoms with Crippen molar-refractivity contribution in [3.8, 4) is 0 Å². The van der Waals surface area contributed by atoms with Crippen LogP contribution in [0.25, 0.3) is 0 Å². The summed E-state index contributed by atoms with van der Waals surface area (Å²) in [6, 6.07) is 0. The third-order valence-electron chi connectivity index (χ3n) is 0.341. The van der Waals surface area contributed by atoms with E-state index in [1.165, 1.54) is 0 Å². The van der Waals surface area contributed by atoms with E-state index in [0.717, 1.165) is 0 Å². The van der Waals surface area contributed by atoms with Crippen molar-refractivity contribution < 1.29 is 5.11 Å². The summed E-state index contributed by atoms with van der Waals surface area (Å²) in [6.07, 6.45) is 1.68. The summed E-state index contributed by atoms with van der Waals surface area (Å²) >= 11 is 0. The molecule has 0 unspecified atom stereocenters. The molecule has 0 amide bonds. The van der Waals surface area contributed by atoms with Gasteiger partial charge in [-0.2, -0.15) is 0 Å². The van der Waals surface area contributed by atoms with Crippen LogP contribution in [0.15, 0.2) is 12.1 Å². The highest BCUT2D eigenvalue weighted by molar-refractivity contribution is 6.16. The maximum absolute atomic E-state index is 7.98. The minimum absolute atomic E-state index is 0.163. The van der Waals surface area contributed by atoms with E-state index >= 15 is 0 Å². The first-order valence-electron chi connectivity index (χ1n) is 1.64. The van der Waals surface area contributed by atoms with Gasteiger partial charge in [-0.25, -0.2) is 0 Å². The molecular formula is C3H7BO. The first-order chi connectivity index (χ1) is 2.41. The average molecular weight is 69.9 g/mol. The molecule has 0 aromatic rings. The van der Waals surface area contributed by atoms with Crippen molar-refractivity contribution in [1.82, 2.24) is 0 Å². The first-order valence-corrected chi connectivity index (χ1v) is 1.64. The molecule has 0 spiro atoms. The van der Waals surface area contributed by atoms with Gasteiger partial charge in [0, 0.05) is 0 Å². The topological polar surface area (TPSA) is 20.2 Å². The van der Waals surface area contributed by atoms with Gasteiger partial charge in [0.15, 0.2) is 0 Å². The van der Waals surface area contributed by atoms with Gasteiger partial charge in [0.05, 0.1) is 6.61 Å². The van der Waals surface area contributed by atoms with Gasteiger partial charge in [0.1, 0.15) is 7.85 Å². The van der Waals surface area contributed by atoms with Gasteiger partial charge in [0.2, 0.25) is 0 Å². The van der Waals surface area contributed by atoms with E-state index in [4.69, 9.17) is 5.11 Å². The molecule has 0 aliphatic carbocycles. The average Bonchev–Trinajstić information content (AvgIpc) is 1.41. The van der Waals surface area contributed by atoms with Gasteiger partial charge in [0.25, 0.3) is 0 Å². The molecular weight excluding hydrogens is 62.8 g/mol. The molecule has 1 N–H and O–H groups in total. The lowest BCUT2D eigenvalue weighted by Crippen LogP contribution is -1.67. The number of aliphatic hydroxyl groups excluding tert-OH is 1. The molecule has 0 bridgehead atoms. The predicted molar refractivity (Wildman–Crippen MR) is 24.8 cm³/mol. The number of aliphatic hydroxyl groups is 1. The molecule has 28 valence electrons. The normalized spacial score (nSPS) is 9.80. The van der Waals surface area contributed by atoms with Crippen molar-refractivity contribution >= 4 is 7.85 Å². The highest BCUT2D eigenvalue weighted by atomic mass is 16.2. The second-order valence-corrected chi connectivity index (χ2v) is 0.752. The quantitative estimate of drug-likeness (QED) is 0.397. The minimum atomic E-state index is 0.163. The van der Waals surface area contributed by atoms with Crippen LogP contribution in [0.4, 0.5) is 0 Å². The van der Waals surface area contributed by atoms with Crippen molar-refractivity contribution in [2.75, 3.05) is 6.61 Å². The Morgan fingerprint density at radius 2 is 2.40 bits per heavy atom. The van der Waals surface area contributed by atoms with Crippen molar-refractivity contribution in [2.24, 2.45) is 0 Å². The Morgan fingerprint density at radius 3 is 2.40 bits per heavy atom. The molecule has 0 saturated heterocycles. The van der Waals surface area contributed by atoms with E-state index < -0.39 is 0 Å². The minimum Gasteiger partial charge on any atom is -0.392 e. The smallest absolute Gasteiger partial charge is 0.129 e. The Labute approximate surface area is 32.7 Å². The van der Waals surface area contributed by atoms with Gasteiger partial charge in [-0.15, -0.1) is 5.98 Å². The highest BCUT2D eigenvalue weighted by Gasteiger charge is 1.53. The van der Waals surface area contributed by atoms with E-state index in [-0.39, 0.29) is 6.61 Å². The Kier molecular flexibility index (Phi) is 3.59. The zero-order chi connectivity index (χ0) is 4.12. The summed E-state index contributed by atoms with van der Waals surface area (Å²) in [5.74, 6) is 1.81. The van der Waals surface area contributed by atoms with Gasteiger partial charge >= 0.3 is 0 Å². The van der Waals surface area contributed by atoms with E-state index in [0.29, 0.717) is 0 Å². The zero-order valence-electron chi connectivity index (χ0n) is 3.31. The van der Waals surface area contributed by atoms with Gasteiger partial charge < -0.3 is 5.11 Å². The van der Waals surface area contributed by atoms with Crippen molar-refractivity contribution in [2.45, 2.75) is 0 Å². The van der Waals surface area contributed by atoms with Crippen LogP contribution in [0, 0.1) is 0 Å². The van der Waals surface area contributed by atoms with E-state index in [9.17, 15) is 0 Å². The molecule has 0 aliphatic rings. The summed E-state index contributed by atoms with van der Waals surface area (Å²) < 4.78 is 0. The van der Waals surface area contributed by atoms with Crippen molar-refractivity contribution in [3.05, 3.63) is 12.1 Å².